The van der Waals surface area contributed by atoms with Gasteiger partial charge >= 0.3 is 0 Å². The van der Waals surface area contributed by atoms with Gasteiger partial charge in [-0.3, -0.25) is 0 Å². The predicted molar refractivity (Wildman–Crippen MR) is 40.6 cm³/mol. The number of ether oxygens (including phenoxy) is 1. The van der Waals surface area contributed by atoms with Gasteiger partial charge in [0.05, 0.1) is 5.60 Å². The van der Waals surface area contributed by atoms with Crippen molar-refractivity contribution < 1.29 is 4.74 Å². The van der Waals surface area contributed by atoms with Crippen molar-refractivity contribution >= 4 is 0 Å². The molecule has 2 saturated carbocycles. The molecule has 1 heteroatoms. The molecule has 0 unspecified atom stereocenters. The molecule has 2 aliphatic rings. The Kier molecular flexibility index (Phi) is 1.48. The normalized spacial score (nSPS) is 44.7. The molecule has 2 rings (SSSR count). The van der Waals surface area contributed by atoms with E-state index < -0.39 is 0 Å². The molecule has 0 aromatic carbocycles. The molecule has 0 amide bonds. The third kappa shape index (κ3) is 0.878. The largest absolute Gasteiger partial charge is 0.375 e. The molecule has 0 heterocycles. The van der Waals surface area contributed by atoms with Gasteiger partial charge in [-0.1, -0.05) is 0 Å². The molecular weight excluding hydrogens is 124 g/mol. The van der Waals surface area contributed by atoms with Gasteiger partial charge in [-0.2, -0.15) is 0 Å². The minimum Gasteiger partial charge on any atom is -0.375 e. The van der Waals surface area contributed by atoms with Crippen LogP contribution in [-0.2, 0) is 4.74 Å². The predicted octanol–water partition coefficient (Wildman–Crippen LogP) is 2.17. The summed E-state index contributed by atoms with van der Waals surface area (Å²) in [5.74, 6) is 0.992. The zero-order chi connectivity index (χ0) is 7.03. The molecule has 1 radical (unpaired) electrons. The van der Waals surface area contributed by atoms with Crippen LogP contribution in [0.15, 0.2) is 0 Å². The molecule has 0 aliphatic heterocycles. The van der Waals surface area contributed by atoms with Crippen LogP contribution >= 0.6 is 0 Å². The molecule has 0 spiro atoms. The second-order valence-corrected chi connectivity index (χ2v) is 3.68. The summed E-state index contributed by atoms with van der Waals surface area (Å²) in [6, 6.07) is 0. The molecular formula is C9H15O. The Morgan fingerprint density at radius 2 is 2.10 bits per heavy atom. The fourth-order valence-electron chi connectivity index (χ4n) is 2.56. The second kappa shape index (κ2) is 2.23. The standard InChI is InChI=1S/C9H15O/c1-2-10-9-5-3-8(7-9)4-6-9/h8H,1-7H2. The third-order valence-corrected chi connectivity index (χ3v) is 3.09. The molecule has 1 nitrogen and oxygen atoms in total. The molecule has 0 aromatic rings. The lowest BCUT2D eigenvalue weighted by molar-refractivity contribution is -0.0227. The summed E-state index contributed by atoms with van der Waals surface area (Å²) < 4.78 is 5.67. The third-order valence-electron chi connectivity index (χ3n) is 3.09. The van der Waals surface area contributed by atoms with E-state index in [0.717, 1.165) is 5.92 Å². The smallest absolute Gasteiger partial charge is 0.0685 e. The van der Waals surface area contributed by atoms with Crippen LogP contribution < -0.4 is 0 Å². The molecule has 0 aromatic heterocycles. The topological polar surface area (TPSA) is 9.23 Å². The van der Waals surface area contributed by atoms with Gasteiger partial charge in [-0.05, 0) is 44.9 Å². The summed E-state index contributed by atoms with van der Waals surface area (Å²) in [7, 11) is 0. The minimum absolute atomic E-state index is 0.298. The van der Waals surface area contributed by atoms with E-state index in [1.54, 1.807) is 0 Å². The van der Waals surface area contributed by atoms with Crippen LogP contribution in [0, 0.1) is 12.8 Å². The Labute approximate surface area is 62.8 Å². The van der Waals surface area contributed by atoms with E-state index in [4.69, 9.17) is 4.74 Å². The van der Waals surface area contributed by atoms with Crippen molar-refractivity contribution in [2.45, 2.75) is 37.7 Å². The van der Waals surface area contributed by atoms with E-state index in [1.807, 2.05) is 0 Å². The monoisotopic (exact) mass is 139 g/mol. The second-order valence-electron chi connectivity index (χ2n) is 3.68. The van der Waals surface area contributed by atoms with Crippen molar-refractivity contribution in [3.05, 3.63) is 6.92 Å². The lowest BCUT2D eigenvalue weighted by Gasteiger charge is -2.25. The van der Waals surface area contributed by atoms with Gasteiger partial charge in [0.2, 0.25) is 0 Å². The molecule has 2 aliphatic carbocycles. The van der Waals surface area contributed by atoms with E-state index in [-0.39, 0.29) is 0 Å². The average Bonchev–Trinajstić information content (AvgIpc) is 2.46. The molecule has 57 valence electrons. The van der Waals surface area contributed by atoms with Crippen LogP contribution in [-0.4, -0.2) is 12.2 Å². The fourth-order valence-corrected chi connectivity index (χ4v) is 2.56. The van der Waals surface area contributed by atoms with Gasteiger partial charge < -0.3 is 4.74 Å². The average molecular weight is 139 g/mol. The van der Waals surface area contributed by atoms with Crippen LogP contribution in [0.5, 0.6) is 0 Å². The first-order valence-electron chi connectivity index (χ1n) is 4.28. The van der Waals surface area contributed by atoms with E-state index in [2.05, 4.69) is 6.92 Å². The summed E-state index contributed by atoms with van der Waals surface area (Å²) in [4.78, 5) is 0. The number of hydrogen-bond acceptors (Lipinski definition) is 1. The highest BCUT2D eigenvalue weighted by molar-refractivity contribution is 4.97. The number of fused-ring (bicyclic) bond motifs is 2. The summed E-state index contributed by atoms with van der Waals surface area (Å²) in [6.45, 7) is 4.40. The first kappa shape index (κ1) is 6.66. The highest BCUT2D eigenvalue weighted by Gasteiger charge is 2.45. The Morgan fingerprint density at radius 3 is 2.50 bits per heavy atom. The maximum Gasteiger partial charge on any atom is 0.0685 e. The fraction of sp³-hybridized carbons (Fsp3) is 0.889. The highest BCUT2D eigenvalue weighted by Crippen LogP contribution is 2.49. The Morgan fingerprint density at radius 1 is 1.40 bits per heavy atom. The van der Waals surface area contributed by atoms with Crippen molar-refractivity contribution in [2.24, 2.45) is 5.92 Å². The Bertz CT molecular complexity index is 123. The SMILES string of the molecule is [CH2]COC12CCC(CC1)C2. The van der Waals surface area contributed by atoms with Crippen LogP contribution in [0.1, 0.15) is 32.1 Å². The summed E-state index contributed by atoms with van der Waals surface area (Å²) >= 11 is 0. The molecule has 2 fully saturated rings. The van der Waals surface area contributed by atoms with Crippen molar-refractivity contribution in [3.8, 4) is 0 Å². The van der Waals surface area contributed by atoms with Gasteiger partial charge in [0.1, 0.15) is 0 Å². The lowest BCUT2D eigenvalue weighted by atomic mass is 9.97. The van der Waals surface area contributed by atoms with Gasteiger partial charge in [-0.15, -0.1) is 0 Å². The Balaban J connectivity index is 2.01. The Hall–Kier alpha value is -0.0400. The first-order valence-corrected chi connectivity index (χ1v) is 4.28. The highest BCUT2D eigenvalue weighted by atomic mass is 16.5. The van der Waals surface area contributed by atoms with Crippen molar-refractivity contribution in [2.75, 3.05) is 6.61 Å². The van der Waals surface area contributed by atoms with Gasteiger partial charge in [0.15, 0.2) is 0 Å². The lowest BCUT2D eigenvalue weighted by Crippen LogP contribution is -2.26. The maximum atomic E-state index is 5.67. The van der Waals surface area contributed by atoms with Crippen LogP contribution in [0.4, 0.5) is 0 Å². The molecule has 0 N–H and O–H groups in total. The summed E-state index contributed by atoms with van der Waals surface area (Å²) in [6.07, 6.45) is 6.73. The van der Waals surface area contributed by atoms with Crippen molar-refractivity contribution in [3.63, 3.8) is 0 Å². The van der Waals surface area contributed by atoms with Crippen LogP contribution in [0.25, 0.3) is 0 Å². The van der Waals surface area contributed by atoms with Gasteiger partial charge in [0.25, 0.3) is 0 Å². The van der Waals surface area contributed by atoms with E-state index in [0.29, 0.717) is 12.2 Å². The van der Waals surface area contributed by atoms with E-state index in [1.165, 1.54) is 32.1 Å². The first-order chi connectivity index (χ1) is 4.85. The zero-order valence-electron chi connectivity index (χ0n) is 6.44. The molecule has 0 atom stereocenters. The zero-order valence-corrected chi connectivity index (χ0v) is 6.44. The quantitative estimate of drug-likeness (QED) is 0.569. The molecule has 2 bridgehead atoms. The van der Waals surface area contributed by atoms with Gasteiger partial charge in [-0.25, -0.2) is 0 Å². The summed E-state index contributed by atoms with van der Waals surface area (Å²) in [5, 5.41) is 0. The van der Waals surface area contributed by atoms with Crippen LogP contribution in [0.3, 0.4) is 0 Å². The van der Waals surface area contributed by atoms with Gasteiger partial charge in [0, 0.05) is 6.61 Å². The van der Waals surface area contributed by atoms with Crippen molar-refractivity contribution in [1.29, 1.82) is 0 Å². The van der Waals surface area contributed by atoms with Crippen molar-refractivity contribution in [1.82, 2.24) is 0 Å². The number of rotatable bonds is 2. The maximum absolute atomic E-state index is 5.67. The minimum atomic E-state index is 0.298. The summed E-state index contributed by atoms with van der Waals surface area (Å²) in [5.41, 5.74) is 0.298. The molecule has 0 saturated heterocycles. The number of hydrogen-bond donors (Lipinski definition) is 0. The van der Waals surface area contributed by atoms with Crippen LogP contribution in [0.2, 0.25) is 0 Å². The van der Waals surface area contributed by atoms with E-state index >= 15 is 0 Å². The van der Waals surface area contributed by atoms with E-state index in [9.17, 15) is 0 Å². The molecule has 10 heavy (non-hydrogen) atoms.